The van der Waals surface area contributed by atoms with Crippen LogP contribution in [0.25, 0.3) is 0 Å². The molecule has 0 amide bonds. The SMILES string of the molecule is CC/C(C)=C\C(=NC)c1ccc(C(=N)F)c(NC)c1. The van der Waals surface area contributed by atoms with Gasteiger partial charge in [-0.1, -0.05) is 18.6 Å². The van der Waals surface area contributed by atoms with Crippen LogP contribution in [0.2, 0.25) is 0 Å². The molecule has 1 aromatic rings. The number of hydrogen-bond acceptors (Lipinski definition) is 3. The molecular formula is C15H20FN3. The van der Waals surface area contributed by atoms with Crippen molar-refractivity contribution in [1.82, 2.24) is 0 Å². The number of anilines is 1. The summed E-state index contributed by atoms with van der Waals surface area (Å²) in [7, 11) is 3.44. The van der Waals surface area contributed by atoms with Crippen molar-refractivity contribution >= 4 is 17.4 Å². The fraction of sp³-hybridized carbons (Fsp3) is 0.333. The molecule has 4 heteroatoms. The van der Waals surface area contributed by atoms with Gasteiger partial charge in [-0.15, -0.1) is 0 Å². The Bertz CT molecular complexity index is 530. The van der Waals surface area contributed by atoms with Crippen molar-refractivity contribution in [2.75, 3.05) is 19.4 Å². The fourth-order valence-electron chi connectivity index (χ4n) is 1.71. The number of aliphatic imine (C=N–C) groups is 1. The lowest BCUT2D eigenvalue weighted by molar-refractivity contribution is 0.798. The van der Waals surface area contributed by atoms with Gasteiger partial charge in [0, 0.05) is 25.3 Å². The predicted molar refractivity (Wildman–Crippen MR) is 80.4 cm³/mol. The maximum absolute atomic E-state index is 13.1. The van der Waals surface area contributed by atoms with E-state index in [4.69, 9.17) is 5.41 Å². The molecule has 19 heavy (non-hydrogen) atoms. The molecule has 0 aliphatic heterocycles. The van der Waals surface area contributed by atoms with Gasteiger partial charge in [0.1, 0.15) is 0 Å². The second-order valence-corrected chi connectivity index (χ2v) is 4.28. The maximum atomic E-state index is 13.1. The van der Waals surface area contributed by atoms with E-state index in [9.17, 15) is 4.39 Å². The van der Waals surface area contributed by atoms with Gasteiger partial charge >= 0.3 is 0 Å². The van der Waals surface area contributed by atoms with Crippen molar-refractivity contribution < 1.29 is 4.39 Å². The summed E-state index contributed by atoms with van der Waals surface area (Å²) in [6.07, 6.45) is 2.99. The van der Waals surface area contributed by atoms with Gasteiger partial charge in [-0.05, 0) is 31.6 Å². The van der Waals surface area contributed by atoms with Crippen molar-refractivity contribution in [2.24, 2.45) is 4.99 Å². The van der Waals surface area contributed by atoms with Gasteiger partial charge in [-0.3, -0.25) is 10.4 Å². The number of benzene rings is 1. The van der Waals surface area contributed by atoms with Gasteiger partial charge in [-0.25, -0.2) is 0 Å². The van der Waals surface area contributed by atoms with E-state index in [0.29, 0.717) is 5.69 Å². The van der Waals surface area contributed by atoms with Crippen molar-refractivity contribution in [1.29, 1.82) is 5.41 Å². The van der Waals surface area contributed by atoms with Gasteiger partial charge in [0.05, 0.1) is 11.3 Å². The molecular weight excluding hydrogens is 241 g/mol. The zero-order chi connectivity index (χ0) is 14.4. The molecule has 0 atom stereocenters. The minimum atomic E-state index is -0.939. The van der Waals surface area contributed by atoms with Gasteiger partial charge in [-0.2, -0.15) is 4.39 Å². The van der Waals surface area contributed by atoms with E-state index in [0.717, 1.165) is 17.7 Å². The van der Waals surface area contributed by atoms with Crippen molar-refractivity contribution in [3.63, 3.8) is 0 Å². The fourth-order valence-corrected chi connectivity index (χ4v) is 1.71. The van der Waals surface area contributed by atoms with Crippen LogP contribution in [0.15, 0.2) is 34.8 Å². The Balaban J connectivity index is 3.25. The van der Waals surface area contributed by atoms with E-state index in [1.54, 1.807) is 26.2 Å². The topological polar surface area (TPSA) is 48.2 Å². The van der Waals surface area contributed by atoms with Crippen LogP contribution >= 0.6 is 0 Å². The van der Waals surface area contributed by atoms with Crippen LogP contribution < -0.4 is 5.32 Å². The summed E-state index contributed by atoms with van der Waals surface area (Å²) in [6, 6.07) is 5.20. The summed E-state index contributed by atoms with van der Waals surface area (Å²) in [5.74, 6) is -0.939. The molecule has 0 fully saturated rings. The number of nitrogens with zero attached hydrogens (tertiary/aromatic N) is 1. The Morgan fingerprint density at radius 3 is 2.63 bits per heavy atom. The number of halogens is 1. The molecule has 1 aromatic carbocycles. The Morgan fingerprint density at radius 2 is 2.16 bits per heavy atom. The van der Waals surface area contributed by atoms with E-state index in [1.807, 2.05) is 12.1 Å². The molecule has 3 nitrogen and oxygen atoms in total. The third kappa shape index (κ3) is 3.74. The zero-order valence-electron chi connectivity index (χ0n) is 11.8. The van der Waals surface area contributed by atoms with Crippen LogP contribution in [0, 0.1) is 5.41 Å². The molecule has 0 spiro atoms. The Kier molecular flexibility index (Phi) is 5.42. The normalized spacial score (nSPS) is 12.5. The lowest BCUT2D eigenvalue weighted by atomic mass is 10.0. The minimum absolute atomic E-state index is 0.262. The molecule has 0 radical (unpaired) electrons. The first kappa shape index (κ1) is 15.1. The van der Waals surface area contributed by atoms with Crippen LogP contribution in [-0.4, -0.2) is 25.8 Å². The van der Waals surface area contributed by atoms with Gasteiger partial charge in [0.25, 0.3) is 0 Å². The summed E-state index contributed by atoms with van der Waals surface area (Å²) < 4.78 is 13.1. The minimum Gasteiger partial charge on any atom is -0.387 e. The monoisotopic (exact) mass is 261 g/mol. The Morgan fingerprint density at radius 1 is 1.47 bits per heavy atom. The van der Waals surface area contributed by atoms with E-state index >= 15 is 0 Å². The highest BCUT2D eigenvalue weighted by Crippen LogP contribution is 2.20. The molecule has 0 heterocycles. The lowest BCUT2D eigenvalue weighted by Gasteiger charge is -2.09. The van der Waals surface area contributed by atoms with Crippen LogP contribution in [0.4, 0.5) is 10.1 Å². The molecule has 0 aliphatic carbocycles. The van der Waals surface area contributed by atoms with Gasteiger partial charge < -0.3 is 5.32 Å². The van der Waals surface area contributed by atoms with E-state index in [2.05, 4.69) is 24.2 Å². The number of allylic oxidation sites excluding steroid dienone is 2. The smallest absolute Gasteiger partial charge is 0.214 e. The summed E-state index contributed by atoms with van der Waals surface area (Å²) in [5.41, 5.74) is 3.85. The van der Waals surface area contributed by atoms with Crippen molar-refractivity contribution in [3.05, 3.63) is 41.0 Å². The second-order valence-electron chi connectivity index (χ2n) is 4.28. The quantitative estimate of drug-likeness (QED) is 0.778. The highest BCUT2D eigenvalue weighted by Gasteiger charge is 2.09. The summed E-state index contributed by atoms with van der Waals surface area (Å²) in [6.45, 7) is 4.14. The van der Waals surface area contributed by atoms with Crippen molar-refractivity contribution in [2.45, 2.75) is 20.3 Å². The van der Waals surface area contributed by atoms with Crippen molar-refractivity contribution in [3.8, 4) is 0 Å². The first-order chi connectivity index (χ1) is 9.03. The van der Waals surface area contributed by atoms with Crippen LogP contribution in [-0.2, 0) is 0 Å². The number of nitrogens with one attached hydrogen (secondary N) is 2. The summed E-state index contributed by atoms with van der Waals surface area (Å²) >= 11 is 0. The molecule has 0 bridgehead atoms. The standard InChI is InChI=1S/C15H20FN3/c1-5-10(2)8-13(18-3)11-6-7-12(15(16)17)14(9-11)19-4/h6-9,17,19H,5H2,1-4H3/b10-8-,17-15?,18-13?. The Hall–Kier alpha value is -1.97. The Labute approximate surface area is 113 Å². The molecule has 102 valence electrons. The van der Waals surface area contributed by atoms with E-state index in [-0.39, 0.29) is 5.56 Å². The molecule has 0 saturated heterocycles. The van der Waals surface area contributed by atoms with Crippen LogP contribution in [0.3, 0.4) is 0 Å². The molecule has 0 saturated carbocycles. The van der Waals surface area contributed by atoms with E-state index in [1.165, 1.54) is 5.57 Å². The number of hydrogen-bond donors (Lipinski definition) is 2. The molecule has 0 unspecified atom stereocenters. The molecule has 1 rings (SSSR count). The first-order valence-corrected chi connectivity index (χ1v) is 6.24. The van der Waals surface area contributed by atoms with E-state index < -0.39 is 5.97 Å². The van der Waals surface area contributed by atoms with Crippen LogP contribution in [0.5, 0.6) is 0 Å². The molecule has 0 aliphatic rings. The van der Waals surface area contributed by atoms with Gasteiger partial charge in [0.2, 0.25) is 5.97 Å². The first-order valence-electron chi connectivity index (χ1n) is 6.24. The van der Waals surface area contributed by atoms with Gasteiger partial charge in [0.15, 0.2) is 0 Å². The number of rotatable bonds is 5. The highest BCUT2D eigenvalue weighted by molar-refractivity contribution is 6.10. The lowest BCUT2D eigenvalue weighted by Crippen LogP contribution is -2.04. The third-order valence-electron chi connectivity index (χ3n) is 3.00. The summed E-state index contributed by atoms with van der Waals surface area (Å²) in [4.78, 5) is 4.26. The average Bonchev–Trinajstić information content (AvgIpc) is 2.43. The highest BCUT2D eigenvalue weighted by atomic mass is 19.1. The maximum Gasteiger partial charge on any atom is 0.214 e. The second kappa shape index (κ2) is 6.83. The van der Waals surface area contributed by atoms with Crippen LogP contribution in [0.1, 0.15) is 31.4 Å². The molecule has 0 aromatic heterocycles. The largest absolute Gasteiger partial charge is 0.387 e. The zero-order valence-corrected chi connectivity index (χ0v) is 11.8. The summed E-state index contributed by atoms with van der Waals surface area (Å²) in [5, 5.41) is 10.0. The predicted octanol–water partition coefficient (Wildman–Crippen LogP) is 3.80. The average molecular weight is 261 g/mol. The third-order valence-corrected chi connectivity index (χ3v) is 3.00. The molecule has 2 N–H and O–H groups in total.